The van der Waals surface area contributed by atoms with Crippen molar-refractivity contribution in [3.8, 4) is 0 Å². The maximum absolute atomic E-state index is 11.5. The number of ether oxygens (including phenoxy) is 1. The molecule has 2 atom stereocenters. The van der Waals surface area contributed by atoms with E-state index in [0.717, 1.165) is 31.4 Å². The fourth-order valence-electron chi connectivity index (χ4n) is 3.54. The summed E-state index contributed by atoms with van der Waals surface area (Å²) in [6.45, 7) is 2.10. The van der Waals surface area contributed by atoms with Crippen LogP contribution in [0, 0.1) is 0 Å². The maximum Gasteiger partial charge on any atom is 0.148 e. The summed E-state index contributed by atoms with van der Waals surface area (Å²) in [6, 6.07) is 5.97. The number of hydrogen-bond acceptors (Lipinski definition) is 3. The van der Waals surface area contributed by atoms with Gasteiger partial charge in [-0.1, -0.05) is 29.3 Å². The summed E-state index contributed by atoms with van der Waals surface area (Å²) in [4.78, 5) is 13.8. The van der Waals surface area contributed by atoms with E-state index >= 15 is 0 Å². The lowest BCUT2D eigenvalue weighted by Crippen LogP contribution is -2.40. The van der Waals surface area contributed by atoms with Crippen molar-refractivity contribution in [1.82, 2.24) is 4.90 Å². The molecule has 1 heterocycles. The Kier molecular flexibility index (Phi) is 7.18. The quantitative estimate of drug-likeness (QED) is 0.770. The number of rotatable bonds is 5. The molecule has 3 nitrogen and oxygen atoms in total. The summed E-state index contributed by atoms with van der Waals surface area (Å²) in [5.41, 5.74) is 0.955. The highest BCUT2D eigenvalue weighted by Gasteiger charge is 2.36. The lowest BCUT2D eigenvalue weighted by atomic mass is 10.1. The van der Waals surface area contributed by atoms with Gasteiger partial charge in [0.25, 0.3) is 0 Å². The van der Waals surface area contributed by atoms with E-state index in [2.05, 4.69) is 4.90 Å². The smallest absolute Gasteiger partial charge is 0.148 e. The van der Waals surface area contributed by atoms with Crippen molar-refractivity contribution in [1.29, 1.82) is 0 Å². The molecule has 1 aromatic carbocycles. The lowest BCUT2D eigenvalue weighted by Gasteiger charge is -2.28. The Labute approximate surface area is 153 Å². The van der Waals surface area contributed by atoms with Crippen LogP contribution >= 0.6 is 35.6 Å². The van der Waals surface area contributed by atoms with Crippen molar-refractivity contribution in [2.45, 2.75) is 44.2 Å². The van der Waals surface area contributed by atoms with Crippen LogP contribution in [0.15, 0.2) is 18.2 Å². The largest absolute Gasteiger partial charge is 0.376 e. The van der Waals surface area contributed by atoms with Crippen LogP contribution in [-0.4, -0.2) is 42.5 Å². The van der Waals surface area contributed by atoms with Crippen molar-refractivity contribution in [2.24, 2.45) is 0 Å². The zero-order valence-electron chi connectivity index (χ0n) is 13.0. The second-order valence-corrected chi connectivity index (χ2v) is 6.93. The minimum Gasteiger partial charge on any atom is -0.376 e. The first kappa shape index (κ1) is 19.0. The summed E-state index contributed by atoms with van der Waals surface area (Å²) in [5, 5.41) is 1.40. The molecule has 0 aromatic heterocycles. The standard InChI is InChI=1S/C17H21Cl2NO2.ClH/c18-14-3-1-4-15(19)13(14)8-10-22-17-6-2-5-16(17)20-9-7-12(21)11-20;/h1,3-4,16-17H,2,5-11H2;1H/t16-,17-;/m0./s1. The van der Waals surface area contributed by atoms with Crippen molar-refractivity contribution in [3.05, 3.63) is 33.8 Å². The number of benzene rings is 1. The van der Waals surface area contributed by atoms with Gasteiger partial charge in [-0.15, -0.1) is 12.4 Å². The van der Waals surface area contributed by atoms with Gasteiger partial charge in [0.2, 0.25) is 0 Å². The molecule has 1 saturated carbocycles. The average molecular weight is 379 g/mol. The van der Waals surface area contributed by atoms with E-state index in [1.807, 2.05) is 18.2 Å². The topological polar surface area (TPSA) is 29.5 Å². The van der Waals surface area contributed by atoms with Gasteiger partial charge in [-0.05, 0) is 43.4 Å². The molecule has 128 valence electrons. The lowest BCUT2D eigenvalue weighted by molar-refractivity contribution is -0.117. The number of carbonyl (C=O) groups is 1. The highest BCUT2D eigenvalue weighted by atomic mass is 35.5. The van der Waals surface area contributed by atoms with E-state index in [4.69, 9.17) is 27.9 Å². The Hall–Kier alpha value is -0.320. The fourth-order valence-corrected chi connectivity index (χ4v) is 4.12. The van der Waals surface area contributed by atoms with Crippen LogP contribution in [0.25, 0.3) is 0 Å². The van der Waals surface area contributed by atoms with Crippen LogP contribution in [0.2, 0.25) is 10.0 Å². The van der Waals surface area contributed by atoms with Crippen molar-refractivity contribution < 1.29 is 9.53 Å². The SMILES string of the molecule is Cl.O=C1CCN([C@H]2CCC[C@@H]2OCCc2c(Cl)cccc2Cl)C1. The molecule has 1 aliphatic carbocycles. The third-order valence-electron chi connectivity index (χ3n) is 4.69. The third kappa shape index (κ3) is 4.61. The highest BCUT2D eigenvalue weighted by molar-refractivity contribution is 6.35. The van der Waals surface area contributed by atoms with Gasteiger partial charge in [-0.2, -0.15) is 0 Å². The molecule has 3 rings (SSSR count). The molecule has 6 heteroatoms. The number of likely N-dealkylation sites (tertiary alicyclic amines) is 1. The van der Waals surface area contributed by atoms with E-state index in [0.29, 0.717) is 41.4 Å². The first-order valence-electron chi connectivity index (χ1n) is 7.95. The summed E-state index contributed by atoms with van der Waals surface area (Å²) >= 11 is 12.4. The first-order valence-corrected chi connectivity index (χ1v) is 8.71. The summed E-state index contributed by atoms with van der Waals surface area (Å²) in [6.07, 6.45) is 5.02. The Morgan fingerprint density at radius 1 is 1.22 bits per heavy atom. The molecule has 1 aromatic rings. The molecular formula is C17H22Cl3NO2. The predicted octanol–water partition coefficient (Wildman–Crippen LogP) is 4.17. The van der Waals surface area contributed by atoms with Crippen molar-refractivity contribution >= 4 is 41.4 Å². The van der Waals surface area contributed by atoms with Crippen LogP contribution in [0.1, 0.15) is 31.2 Å². The van der Waals surface area contributed by atoms with E-state index in [1.54, 1.807) is 0 Å². The number of hydrogen-bond donors (Lipinski definition) is 0. The van der Waals surface area contributed by atoms with Crippen LogP contribution in [0.4, 0.5) is 0 Å². The van der Waals surface area contributed by atoms with Gasteiger partial charge < -0.3 is 4.74 Å². The zero-order valence-corrected chi connectivity index (χ0v) is 15.3. The van der Waals surface area contributed by atoms with Crippen LogP contribution in [0.3, 0.4) is 0 Å². The summed E-state index contributed by atoms with van der Waals surface area (Å²) in [7, 11) is 0. The Bertz CT molecular complexity index is 532. The normalized spacial score (nSPS) is 24.9. The zero-order chi connectivity index (χ0) is 15.5. The summed E-state index contributed by atoms with van der Waals surface area (Å²) < 4.78 is 6.11. The Morgan fingerprint density at radius 3 is 2.61 bits per heavy atom. The van der Waals surface area contributed by atoms with E-state index < -0.39 is 0 Å². The van der Waals surface area contributed by atoms with Gasteiger partial charge >= 0.3 is 0 Å². The second kappa shape index (κ2) is 8.68. The van der Waals surface area contributed by atoms with Gasteiger partial charge in [-0.25, -0.2) is 0 Å². The number of carbonyl (C=O) groups excluding carboxylic acids is 1. The highest BCUT2D eigenvalue weighted by Crippen LogP contribution is 2.30. The third-order valence-corrected chi connectivity index (χ3v) is 5.40. The molecular weight excluding hydrogens is 357 g/mol. The predicted molar refractivity (Wildman–Crippen MR) is 96.0 cm³/mol. The molecule has 2 fully saturated rings. The molecule has 2 aliphatic rings. The van der Waals surface area contributed by atoms with Crippen LogP contribution in [0.5, 0.6) is 0 Å². The van der Waals surface area contributed by atoms with Gasteiger partial charge in [0.05, 0.1) is 19.3 Å². The van der Waals surface area contributed by atoms with Gasteiger partial charge in [0.1, 0.15) is 5.78 Å². The molecule has 0 radical (unpaired) electrons. The van der Waals surface area contributed by atoms with Gasteiger partial charge in [-0.3, -0.25) is 9.69 Å². The molecule has 1 saturated heterocycles. The van der Waals surface area contributed by atoms with Crippen LogP contribution < -0.4 is 0 Å². The number of nitrogens with zero attached hydrogens (tertiary/aromatic N) is 1. The molecule has 0 amide bonds. The van der Waals surface area contributed by atoms with Crippen molar-refractivity contribution in [3.63, 3.8) is 0 Å². The first-order chi connectivity index (χ1) is 10.6. The average Bonchev–Trinajstić information content (AvgIpc) is 3.10. The fraction of sp³-hybridized carbons (Fsp3) is 0.588. The molecule has 23 heavy (non-hydrogen) atoms. The molecule has 0 spiro atoms. The van der Waals surface area contributed by atoms with Gasteiger partial charge in [0, 0.05) is 29.1 Å². The van der Waals surface area contributed by atoms with Crippen molar-refractivity contribution in [2.75, 3.05) is 19.7 Å². The number of Topliss-reactive ketones (excluding diaryl/α,β-unsaturated/α-hetero) is 1. The minimum atomic E-state index is 0. The molecule has 1 aliphatic heterocycles. The van der Waals surface area contributed by atoms with Gasteiger partial charge in [0.15, 0.2) is 0 Å². The second-order valence-electron chi connectivity index (χ2n) is 6.12. The Balaban J connectivity index is 0.00000192. The number of ketones is 1. The maximum atomic E-state index is 11.5. The monoisotopic (exact) mass is 377 g/mol. The molecule has 0 unspecified atom stereocenters. The summed E-state index contributed by atoms with van der Waals surface area (Å²) in [5.74, 6) is 0.355. The van der Waals surface area contributed by atoms with E-state index in [9.17, 15) is 4.79 Å². The van der Waals surface area contributed by atoms with Crippen LogP contribution in [-0.2, 0) is 16.0 Å². The number of halogens is 3. The van der Waals surface area contributed by atoms with E-state index in [-0.39, 0.29) is 18.5 Å². The van der Waals surface area contributed by atoms with E-state index in [1.165, 1.54) is 6.42 Å². The Morgan fingerprint density at radius 2 is 1.96 bits per heavy atom. The molecule has 0 bridgehead atoms. The molecule has 0 N–H and O–H groups in total. The minimum absolute atomic E-state index is 0.